The standard InChI is InChI=1S/C27H22N8O4/c1-15-8-10-17(11-9-15)35-14-16(30-31-35)13-34-20-7-5-4-6-18(20)27(25(34)37)19(12-28)22(29)39-24-21(27)23(36)32(2)26(38)33(24)3/h4-11,14H,13,29H2,1-3H3. The number of nitrogens with two attached hydrogens (primary N) is 1. The molecule has 6 rings (SSSR count). The van der Waals surface area contributed by atoms with Crippen LogP contribution in [0.3, 0.4) is 0 Å². The summed E-state index contributed by atoms with van der Waals surface area (Å²) in [6.45, 7) is 1.99. The fraction of sp³-hybridized carbons (Fsp3) is 0.185. The minimum absolute atomic E-state index is 0.00431. The van der Waals surface area contributed by atoms with Crippen LogP contribution in [0.25, 0.3) is 5.69 Å². The Labute approximate surface area is 221 Å². The van der Waals surface area contributed by atoms with Gasteiger partial charge in [0.25, 0.3) is 5.56 Å². The summed E-state index contributed by atoms with van der Waals surface area (Å²) in [5.74, 6) is -1.13. The Morgan fingerprint density at radius 1 is 1.05 bits per heavy atom. The van der Waals surface area contributed by atoms with Gasteiger partial charge in [-0.05, 0) is 25.1 Å². The number of carbonyl (C=O) groups is 1. The molecule has 12 nitrogen and oxygen atoms in total. The maximum atomic E-state index is 14.5. The number of fused-ring (bicyclic) bond motifs is 4. The van der Waals surface area contributed by atoms with Crippen molar-refractivity contribution in [2.75, 3.05) is 4.90 Å². The van der Waals surface area contributed by atoms with E-state index in [9.17, 15) is 19.6 Å². The van der Waals surface area contributed by atoms with Gasteiger partial charge in [0.2, 0.25) is 17.7 Å². The van der Waals surface area contributed by atoms with Crippen LogP contribution in [0.1, 0.15) is 22.4 Å². The molecule has 1 spiro atoms. The van der Waals surface area contributed by atoms with Crippen LogP contribution in [0.5, 0.6) is 5.88 Å². The van der Waals surface area contributed by atoms with Crippen molar-refractivity contribution < 1.29 is 9.53 Å². The summed E-state index contributed by atoms with van der Waals surface area (Å²) >= 11 is 0. The van der Waals surface area contributed by atoms with Gasteiger partial charge < -0.3 is 15.4 Å². The Morgan fingerprint density at radius 2 is 1.77 bits per heavy atom. The van der Waals surface area contributed by atoms with Gasteiger partial charge in [-0.2, -0.15) is 5.26 Å². The van der Waals surface area contributed by atoms with Gasteiger partial charge in [-0.1, -0.05) is 41.1 Å². The summed E-state index contributed by atoms with van der Waals surface area (Å²) in [5, 5.41) is 18.7. The molecule has 4 aromatic rings. The first kappa shape index (κ1) is 23.9. The molecule has 2 aromatic heterocycles. The molecule has 0 bridgehead atoms. The molecule has 2 aliphatic heterocycles. The van der Waals surface area contributed by atoms with Crippen molar-refractivity contribution >= 4 is 11.6 Å². The fourth-order valence-electron chi connectivity index (χ4n) is 5.32. The maximum absolute atomic E-state index is 14.5. The van der Waals surface area contributed by atoms with Crippen LogP contribution in [-0.2, 0) is 30.8 Å². The number of carbonyl (C=O) groups excluding carboxylic acids is 1. The van der Waals surface area contributed by atoms with Crippen LogP contribution >= 0.6 is 0 Å². The lowest BCUT2D eigenvalue weighted by molar-refractivity contribution is -0.121. The third-order valence-electron chi connectivity index (χ3n) is 7.25. The van der Waals surface area contributed by atoms with E-state index in [2.05, 4.69) is 10.3 Å². The van der Waals surface area contributed by atoms with E-state index in [0.717, 1.165) is 20.4 Å². The number of anilines is 1. The number of para-hydroxylation sites is 1. The van der Waals surface area contributed by atoms with Crippen molar-refractivity contribution in [2.45, 2.75) is 18.9 Å². The minimum Gasteiger partial charge on any atom is -0.423 e. The zero-order valence-corrected chi connectivity index (χ0v) is 21.2. The van der Waals surface area contributed by atoms with Crippen LogP contribution in [0, 0.1) is 18.3 Å². The minimum atomic E-state index is -1.92. The van der Waals surface area contributed by atoms with Crippen molar-refractivity contribution in [3.8, 4) is 17.6 Å². The van der Waals surface area contributed by atoms with Gasteiger partial charge in [-0.25, -0.2) is 9.48 Å². The topological polar surface area (TPSA) is 154 Å². The molecule has 194 valence electrons. The molecule has 12 heteroatoms. The van der Waals surface area contributed by atoms with E-state index in [1.54, 1.807) is 35.1 Å². The van der Waals surface area contributed by atoms with Crippen molar-refractivity contribution in [3.63, 3.8) is 0 Å². The molecule has 0 radical (unpaired) electrons. The molecule has 1 unspecified atom stereocenters. The number of benzene rings is 2. The molecule has 2 N–H and O–H groups in total. The summed E-state index contributed by atoms with van der Waals surface area (Å²) in [6.07, 6.45) is 1.71. The van der Waals surface area contributed by atoms with E-state index in [1.165, 1.54) is 19.0 Å². The molecule has 39 heavy (non-hydrogen) atoms. The molecule has 0 saturated heterocycles. The van der Waals surface area contributed by atoms with Gasteiger partial charge in [-0.15, -0.1) is 5.10 Å². The fourth-order valence-corrected chi connectivity index (χ4v) is 5.32. The molecule has 0 aliphatic carbocycles. The lowest BCUT2D eigenvalue weighted by atomic mass is 9.69. The van der Waals surface area contributed by atoms with E-state index in [1.807, 2.05) is 37.3 Å². The number of hydrogen-bond acceptors (Lipinski definition) is 8. The Balaban J connectivity index is 1.55. The lowest BCUT2D eigenvalue weighted by Gasteiger charge is -2.34. The number of amides is 1. The van der Waals surface area contributed by atoms with Gasteiger partial charge >= 0.3 is 5.69 Å². The number of nitrogens with zero attached hydrogens (tertiary/aromatic N) is 7. The first-order valence-electron chi connectivity index (χ1n) is 12.0. The smallest absolute Gasteiger partial charge is 0.333 e. The highest BCUT2D eigenvalue weighted by Crippen LogP contribution is 2.53. The van der Waals surface area contributed by atoms with Crippen molar-refractivity contribution in [2.24, 2.45) is 19.8 Å². The largest absolute Gasteiger partial charge is 0.423 e. The number of rotatable bonds is 3. The summed E-state index contributed by atoms with van der Waals surface area (Å²) in [6, 6.07) is 16.6. The van der Waals surface area contributed by atoms with E-state index >= 15 is 0 Å². The van der Waals surface area contributed by atoms with E-state index < -0.39 is 22.6 Å². The second kappa shape index (κ2) is 8.29. The normalized spacial score (nSPS) is 17.7. The summed E-state index contributed by atoms with van der Waals surface area (Å²) in [5.41, 5.74) is 5.68. The highest BCUT2D eigenvalue weighted by atomic mass is 16.5. The van der Waals surface area contributed by atoms with Crippen LogP contribution in [-0.4, -0.2) is 30.0 Å². The van der Waals surface area contributed by atoms with Gasteiger partial charge in [0.1, 0.15) is 22.9 Å². The molecular weight excluding hydrogens is 500 g/mol. The molecular formula is C27H22N8O4. The van der Waals surface area contributed by atoms with E-state index in [-0.39, 0.29) is 29.4 Å². The number of aromatic nitrogens is 5. The van der Waals surface area contributed by atoms with Crippen molar-refractivity contribution in [1.82, 2.24) is 24.1 Å². The van der Waals surface area contributed by atoms with Gasteiger partial charge in [0, 0.05) is 25.3 Å². The molecule has 0 fully saturated rings. The number of nitriles is 1. The highest BCUT2D eigenvalue weighted by Gasteiger charge is 2.61. The number of hydrogen-bond donors (Lipinski definition) is 1. The number of aryl methyl sites for hydroxylation is 1. The predicted molar refractivity (Wildman–Crippen MR) is 139 cm³/mol. The monoisotopic (exact) mass is 522 g/mol. The Hall–Kier alpha value is -5.44. The molecule has 4 heterocycles. The third kappa shape index (κ3) is 3.13. The predicted octanol–water partition coefficient (Wildman–Crippen LogP) is 0.892. The Bertz CT molecular complexity index is 1890. The zero-order valence-electron chi connectivity index (χ0n) is 21.2. The van der Waals surface area contributed by atoms with E-state index in [4.69, 9.17) is 10.5 Å². The average Bonchev–Trinajstić information content (AvgIpc) is 3.49. The first-order valence-corrected chi connectivity index (χ1v) is 12.0. The maximum Gasteiger partial charge on any atom is 0.333 e. The van der Waals surface area contributed by atoms with Crippen LogP contribution in [0.2, 0.25) is 0 Å². The average molecular weight is 523 g/mol. The Morgan fingerprint density at radius 3 is 2.49 bits per heavy atom. The zero-order chi connectivity index (χ0) is 27.6. The first-order chi connectivity index (χ1) is 18.7. The quantitative estimate of drug-likeness (QED) is 0.416. The van der Waals surface area contributed by atoms with Crippen molar-refractivity contribution in [3.05, 3.63) is 109 Å². The number of ether oxygens (including phenoxy) is 1. The lowest BCUT2D eigenvalue weighted by Crippen LogP contribution is -2.52. The molecule has 1 amide bonds. The summed E-state index contributed by atoms with van der Waals surface area (Å²) in [7, 11) is 2.71. The van der Waals surface area contributed by atoms with Crippen LogP contribution < -0.4 is 26.6 Å². The van der Waals surface area contributed by atoms with Gasteiger partial charge in [0.15, 0.2) is 5.41 Å². The second-order valence-corrected chi connectivity index (χ2v) is 9.49. The van der Waals surface area contributed by atoms with Crippen molar-refractivity contribution in [1.29, 1.82) is 5.26 Å². The van der Waals surface area contributed by atoms with Gasteiger partial charge in [-0.3, -0.25) is 18.7 Å². The Kier molecular flexibility index (Phi) is 5.08. The summed E-state index contributed by atoms with van der Waals surface area (Å²) in [4.78, 5) is 42.3. The van der Waals surface area contributed by atoms with Crippen LogP contribution in [0.4, 0.5) is 5.69 Å². The van der Waals surface area contributed by atoms with Gasteiger partial charge in [0.05, 0.1) is 18.4 Å². The van der Waals surface area contributed by atoms with E-state index in [0.29, 0.717) is 16.9 Å². The summed E-state index contributed by atoms with van der Waals surface area (Å²) < 4.78 is 9.22. The molecule has 0 saturated carbocycles. The molecule has 2 aromatic carbocycles. The highest BCUT2D eigenvalue weighted by molar-refractivity contribution is 6.14. The molecule has 2 aliphatic rings. The SMILES string of the molecule is Cc1ccc(-n2cc(CN3C(=O)C4(C(C#N)=C(N)Oc5c4c(=O)n(C)c(=O)n5C)c4ccccc43)nn2)cc1. The second-order valence-electron chi connectivity index (χ2n) is 9.49. The van der Waals surface area contributed by atoms with Crippen LogP contribution in [0.15, 0.2) is 75.8 Å². The molecule has 1 atom stereocenters. The third-order valence-corrected chi connectivity index (χ3v) is 7.25.